The lowest BCUT2D eigenvalue weighted by Crippen LogP contribution is -2.32. The molecule has 3 N–H and O–H groups in total. The molecule has 0 fully saturated rings. The number of amidine groups is 1. The standard InChI is InChI=1S/C10H16ClN5O2/c1-18-5-4-16(3-2-9(12)15-17)10-8(11)6-13-7-14-10/h6-7,17H,2-5H2,1H3,(H2,12,15). The van der Waals surface area contributed by atoms with Crippen LogP contribution in [0.15, 0.2) is 17.7 Å². The molecule has 1 aromatic rings. The van der Waals surface area contributed by atoms with Gasteiger partial charge in [0.1, 0.15) is 17.2 Å². The van der Waals surface area contributed by atoms with Crippen LogP contribution in [0.3, 0.4) is 0 Å². The minimum atomic E-state index is 0.155. The van der Waals surface area contributed by atoms with Crippen LogP contribution in [0.5, 0.6) is 0 Å². The number of anilines is 1. The number of nitrogens with two attached hydrogens (primary N) is 1. The van der Waals surface area contributed by atoms with E-state index in [0.717, 1.165) is 0 Å². The Labute approximate surface area is 110 Å². The third-order valence-electron chi connectivity index (χ3n) is 2.28. The number of oxime groups is 1. The van der Waals surface area contributed by atoms with E-state index in [-0.39, 0.29) is 5.84 Å². The molecule has 0 aliphatic rings. The van der Waals surface area contributed by atoms with Crippen LogP contribution in [0.25, 0.3) is 0 Å². The monoisotopic (exact) mass is 273 g/mol. The molecular formula is C10H16ClN5O2. The van der Waals surface area contributed by atoms with Gasteiger partial charge in [-0.3, -0.25) is 0 Å². The molecule has 7 nitrogen and oxygen atoms in total. The van der Waals surface area contributed by atoms with Gasteiger partial charge in [-0.1, -0.05) is 16.8 Å². The first-order valence-electron chi connectivity index (χ1n) is 5.34. The molecule has 100 valence electrons. The van der Waals surface area contributed by atoms with Gasteiger partial charge in [-0.15, -0.1) is 0 Å². The largest absolute Gasteiger partial charge is 0.409 e. The van der Waals surface area contributed by atoms with E-state index in [4.69, 9.17) is 27.3 Å². The first-order chi connectivity index (χ1) is 8.69. The van der Waals surface area contributed by atoms with Gasteiger partial charge in [0.2, 0.25) is 0 Å². The zero-order valence-corrected chi connectivity index (χ0v) is 10.8. The third-order valence-corrected chi connectivity index (χ3v) is 2.55. The van der Waals surface area contributed by atoms with E-state index in [2.05, 4.69) is 15.1 Å². The first kappa shape index (κ1) is 14.5. The summed E-state index contributed by atoms with van der Waals surface area (Å²) in [5.74, 6) is 0.761. The van der Waals surface area contributed by atoms with Crippen molar-refractivity contribution >= 4 is 23.3 Å². The highest BCUT2D eigenvalue weighted by atomic mass is 35.5. The summed E-state index contributed by atoms with van der Waals surface area (Å²) in [4.78, 5) is 9.84. The van der Waals surface area contributed by atoms with E-state index in [9.17, 15) is 0 Å². The van der Waals surface area contributed by atoms with Crippen molar-refractivity contribution in [2.45, 2.75) is 6.42 Å². The molecule has 0 radical (unpaired) electrons. The Bertz CT molecular complexity index is 402. The van der Waals surface area contributed by atoms with Crippen LogP contribution in [0, 0.1) is 0 Å². The maximum atomic E-state index is 8.52. The SMILES string of the molecule is COCCN(CCC(N)=NO)c1ncncc1Cl. The fourth-order valence-electron chi connectivity index (χ4n) is 1.36. The second-order valence-electron chi connectivity index (χ2n) is 3.52. The van der Waals surface area contributed by atoms with Crippen LogP contribution >= 0.6 is 11.6 Å². The molecule has 1 rings (SSSR count). The molecule has 1 heterocycles. The van der Waals surface area contributed by atoms with Gasteiger partial charge in [0.25, 0.3) is 0 Å². The van der Waals surface area contributed by atoms with Gasteiger partial charge >= 0.3 is 0 Å². The molecule has 0 saturated heterocycles. The summed E-state index contributed by atoms with van der Waals surface area (Å²) in [6.45, 7) is 1.65. The second kappa shape index (κ2) is 7.67. The molecule has 0 bridgehead atoms. The summed E-state index contributed by atoms with van der Waals surface area (Å²) in [5.41, 5.74) is 5.44. The first-order valence-corrected chi connectivity index (χ1v) is 5.72. The number of nitrogens with zero attached hydrogens (tertiary/aromatic N) is 4. The number of hydrogen-bond acceptors (Lipinski definition) is 6. The van der Waals surface area contributed by atoms with Crippen molar-refractivity contribution in [2.75, 3.05) is 31.7 Å². The molecule has 0 atom stereocenters. The van der Waals surface area contributed by atoms with Crippen molar-refractivity contribution in [1.82, 2.24) is 9.97 Å². The molecule has 8 heteroatoms. The Hall–Kier alpha value is -1.60. The Kier molecular flexibility index (Phi) is 6.16. The molecule has 0 aromatic carbocycles. The van der Waals surface area contributed by atoms with Crippen molar-refractivity contribution < 1.29 is 9.94 Å². The Morgan fingerprint density at radius 1 is 1.61 bits per heavy atom. The molecule has 0 saturated carbocycles. The fourth-order valence-corrected chi connectivity index (χ4v) is 1.59. The number of aromatic nitrogens is 2. The lowest BCUT2D eigenvalue weighted by atomic mass is 10.3. The molecular weight excluding hydrogens is 258 g/mol. The Balaban J connectivity index is 2.74. The average Bonchev–Trinajstić information content (AvgIpc) is 2.39. The number of halogens is 1. The molecule has 0 amide bonds. The second-order valence-corrected chi connectivity index (χ2v) is 3.92. The van der Waals surface area contributed by atoms with Crippen LogP contribution < -0.4 is 10.6 Å². The van der Waals surface area contributed by atoms with E-state index < -0.39 is 0 Å². The smallest absolute Gasteiger partial charge is 0.150 e. The van der Waals surface area contributed by atoms with Gasteiger partial charge in [-0.05, 0) is 0 Å². The van der Waals surface area contributed by atoms with Crippen LogP contribution in [-0.2, 0) is 4.74 Å². The summed E-state index contributed by atoms with van der Waals surface area (Å²) < 4.78 is 5.03. The molecule has 0 unspecified atom stereocenters. The molecule has 0 spiro atoms. The van der Waals surface area contributed by atoms with Crippen LogP contribution in [0.1, 0.15) is 6.42 Å². The van der Waals surface area contributed by atoms with Crippen molar-refractivity contribution in [1.29, 1.82) is 0 Å². The predicted molar refractivity (Wildman–Crippen MR) is 69.2 cm³/mol. The molecule has 1 aromatic heterocycles. The lowest BCUT2D eigenvalue weighted by Gasteiger charge is -2.23. The topological polar surface area (TPSA) is 96.9 Å². The van der Waals surface area contributed by atoms with Crippen molar-refractivity contribution in [3.05, 3.63) is 17.5 Å². The Morgan fingerprint density at radius 2 is 2.39 bits per heavy atom. The van der Waals surface area contributed by atoms with Gasteiger partial charge in [0, 0.05) is 26.6 Å². The summed E-state index contributed by atoms with van der Waals surface area (Å²) in [7, 11) is 1.61. The van der Waals surface area contributed by atoms with E-state index in [1.165, 1.54) is 12.5 Å². The lowest BCUT2D eigenvalue weighted by molar-refractivity contribution is 0.205. The van der Waals surface area contributed by atoms with Gasteiger partial charge in [-0.2, -0.15) is 0 Å². The van der Waals surface area contributed by atoms with E-state index in [1.54, 1.807) is 7.11 Å². The van der Waals surface area contributed by atoms with Crippen LogP contribution in [0.2, 0.25) is 5.02 Å². The quantitative estimate of drug-likeness (QED) is 0.329. The summed E-state index contributed by atoms with van der Waals surface area (Å²) >= 11 is 6.03. The maximum absolute atomic E-state index is 8.52. The predicted octanol–water partition coefficient (Wildman–Crippen LogP) is 0.719. The van der Waals surface area contributed by atoms with E-state index in [0.29, 0.717) is 37.0 Å². The zero-order chi connectivity index (χ0) is 13.4. The van der Waals surface area contributed by atoms with Crippen molar-refractivity contribution in [3.63, 3.8) is 0 Å². The van der Waals surface area contributed by atoms with E-state index >= 15 is 0 Å². The minimum absolute atomic E-state index is 0.155. The number of ether oxygens (including phenoxy) is 1. The summed E-state index contributed by atoms with van der Waals surface area (Å²) in [6.07, 6.45) is 3.35. The third kappa shape index (κ3) is 4.34. The van der Waals surface area contributed by atoms with Gasteiger partial charge in [0.15, 0.2) is 5.82 Å². The highest BCUT2D eigenvalue weighted by molar-refractivity contribution is 6.32. The number of rotatable bonds is 7. The number of methoxy groups -OCH3 is 1. The highest BCUT2D eigenvalue weighted by Crippen LogP contribution is 2.21. The molecule has 0 aliphatic heterocycles. The number of hydrogen-bond donors (Lipinski definition) is 2. The molecule has 18 heavy (non-hydrogen) atoms. The molecule has 0 aliphatic carbocycles. The van der Waals surface area contributed by atoms with Crippen molar-refractivity contribution in [3.8, 4) is 0 Å². The summed E-state index contributed by atoms with van der Waals surface area (Å²) in [5, 5.41) is 11.9. The van der Waals surface area contributed by atoms with Gasteiger partial charge < -0.3 is 20.6 Å². The maximum Gasteiger partial charge on any atom is 0.150 e. The normalized spacial score (nSPS) is 11.6. The van der Waals surface area contributed by atoms with Gasteiger partial charge in [-0.25, -0.2) is 9.97 Å². The Morgan fingerprint density at radius 3 is 3.00 bits per heavy atom. The highest BCUT2D eigenvalue weighted by Gasteiger charge is 2.12. The van der Waals surface area contributed by atoms with Crippen LogP contribution in [0.4, 0.5) is 5.82 Å². The van der Waals surface area contributed by atoms with E-state index in [1.807, 2.05) is 4.90 Å². The average molecular weight is 274 g/mol. The minimum Gasteiger partial charge on any atom is -0.409 e. The summed E-state index contributed by atoms with van der Waals surface area (Å²) in [6, 6.07) is 0. The van der Waals surface area contributed by atoms with Gasteiger partial charge in [0.05, 0.1) is 12.8 Å². The van der Waals surface area contributed by atoms with Crippen molar-refractivity contribution in [2.24, 2.45) is 10.9 Å². The zero-order valence-electron chi connectivity index (χ0n) is 10.1. The fraction of sp³-hybridized carbons (Fsp3) is 0.500. The van der Waals surface area contributed by atoms with Crippen LogP contribution in [-0.4, -0.2) is 47.8 Å².